The number of piperazine rings is 1. The van der Waals surface area contributed by atoms with E-state index in [0.29, 0.717) is 18.1 Å². The smallest absolute Gasteiger partial charge is 0.0476 e. The summed E-state index contributed by atoms with van der Waals surface area (Å²) in [5.41, 5.74) is 1.39. The molecule has 1 unspecified atom stereocenters. The zero-order chi connectivity index (χ0) is 14.4. The molecule has 1 fully saturated rings. The lowest BCUT2D eigenvalue weighted by Gasteiger charge is -2.45. The van der Waals surface area contributed by atoms with Gasteiger partial charge in [0.15, 0.2) is 0 Å². The first kappa shape index (κ1) is 15.2. The summed E-state index contributed by atoms with van der Waals surface area (Å²) in [5, 5.41) is 6.94. The molecule has 2 N–H and O–H groups in total. The number of rotatable bonds is 6. The van der Waals surface area contributed by atoms with Crippen LogP contribution in [0.5, 0.6) is 0 Å². The van der Waals surface area contributed by atoms with Crippen LogP contribution in [0.4, 0.5) is 0 Å². The second-order valence-corrected chi connectivity index (χ2v) is 5.56. The van der Waals surface area contributed by atoms with Crippen LogP contribution >= 0.6 is 0 Å². The van der Waals surface area contributed by atoms with Gasteiger partial charge in [0.1, 0.15) is 0 Å². The summed E-state index contributed by atoms with van der Waals surface area (Å²) < 4.78 is 0. The van der Waals surface area contributed by atoms with Crippen LogP contribution in [-0.4, -0.2) is 43.7 Å². The van der Waals surface area contributed by atoms with Crippen molar-refractivity contribution >= 4 is 0 Å². The molecule has 3 heteroatoms. The van der Waals surface area contributed by atoms with Gasteiger partial charge in [0, 0.05) is 37.8 Å². The van der Waals surface area contributed by atoms with Gasteiger partial charge in [0.05, 0.1) is 0 Å². The van der Waals surface area contributed by atoms with Crippen LogP contribution < -0.4 is 10.6 Å². The number of nitrogens with zero attached hydrogens (tertiary/aromatic N) is 1. The highest BCUT2D eigenvalue weighted by Gasteiger charge is 2.32. The van der Waals surface area contributed by atoms with E-state index < -0.39 is 0 Å². The fourth-order valence-corrected chi connectivity index (χ4v) is 3.20. The standard InChI is InChI=1S/C17H27N3/c1-4-8-16-14(2)19-11-12-20(16)17(13-18-3)15-9-6-5-7-10-15/h4-7,9-10,14,16-19H,1,8,11-13H2,2-3H3/t14-,16?,17+/m1/s1. The summed E-state index contributed by atoms with van der Waals surface area (Å²) in [5.74, 6) is 0. The molecule has 1 heterocycles. The summed E-state index contributed by atoms with van der Waals surface area (Å²) in [4.78, 5) is 2.63. The fraction of sp³-hybridized carbons (Fsp3) is 0.529. The maximum Gasteiger partial charge on any atom is 0.0476 e. The molecule has 110 valence electrons. The zero-order valence-corrected chi connectivity index (χ0v) is 12.7. The summed E-state index contributed by atoms with van der Waals surface area (Å²) >= 11 is 0. The first-order valence-electron chi connectivity index (χ1n) is 7.57. The normalized spacial score (nSPS) is 25.3. The average molecular weight is 273 g/mol. The third-order valence-corrected chi connectivity index (χ3v) is 4.23. The Balaban J connectivity index is 2.24. The van der Waals surface area contributed by atoms with E-state index in [1.54, 1.807) is 0 Å². The Kier molecular flexibility index (Phi) is 5.77. The van der Waals surface area contributed by atoms with Crippen molar-refractivity contribution in [2.75, 3.05) is 26.7 Å². The molecule has 3 atom stereocenters. The molecule has 1 aromatic rings. The fourth-order valence-electron chi connectivity index (χ4n) is 3.20. The van der Waals surface area contributed by atoms with E-state index in [2.05, 4.69) is 59.4 Å². The molecule has 0 spiro atoms. The molecule has 0 aromatic heterocycles. The van der Waals surface area contributed by atoms with Crippen LogP contribution in [0, 0.1) is 0 Å². The largest absolute Gasteiger partial charge is 0.318 e. The Labute approximate surface area is 123 Å². The van der Waals surface area contributed by atoms with E-state index in [0.717, 1.165) is 26.1 Å². The Bertz CT molecular complexity index is 404. The number of hydrogen-bond acceptors (Lipinski definition) is 3. The topological polar surface area (TPSA) is 27.3 Å². The number of benzene rings is 1. The Morgan fingerprint density at radius 3 is 2.85 bits per heavy atom. The van der Waals surface area contributed by atoms with Gasteiger partial charge in [-0.25, -0.2) is 0 Å². The summed E-state index contributed by atoms with van der Waals surface area (Å²) in [6, 6.07) is 12.3. The molecule has 20 heavy (non-hydrogen) atoms. The lowest BCUT2D eigenvalue weighted by atomic mass is 9.96. The highest BCUT2D eigenvalue weighted by molar-refractivity contribution is 5.20. The van der Waals surface area contributed by atoms with E-state index in [1.807, 2.05) is 13.1 Å². The van der Waals surface area contributed by atoms with E-state index in [4.69, 9.17) is 0 Å². The van der Waals surface area contributed by atoms with Gasteiger partial charge < -0.3 is 10.6 Å². The van der Waals surface area contributed by atoms with Gasteiger partial charge in [-0.2, -0.15) is 0 Å². The van der Waals surface area contributed by atoms with Crippen LogP contribution in [0.3, 0.4) is 0 Å². The molecule has 0 radical (unpaired) electrons. The van der Waals surface area contributed by atoms with Crippen molar-refractivity contribution < 1.29 is 0 Å². The molecule has 1 aliphatic heterocycles. The molecule has 0 bridgehead atoms. The molecule has 0 amide bonds. The third-order valence-electron chi connectivity index (χ3n) is 4.23. The van der Waals surface area contributed by atoms with Crippen LogP contribution in [0.25, 0.3) is 0 Å². The molecular weight excluding hydrogens is 246 g/mol. The number of nitrogens with one attached hydrogen (secondary N) is 2. The second-order valence-electron chi connectivity index (χ2n) is 5.56. The number of hydrogen-bond donors (Lipinski definition) is 2. The van der Waals surface area contributed by atoms with Crippen molar-refractivity contribution in [1.82, 2.24) is 15.5 Å². The quantitative estimate of drug-likeness (QED) is 0.778. The maximum absolute atomic E-state index is 3.93. The minimum atomic E-state index is 0.427. The lowest BCUT2D eigenvalue weighted by molar-refractivity contribution is 0.0789. The Morgan fingerprint density at radius 2 is 2.20 bits per heavy atom. The SMILES string of the molecule is C=CCC1[C@@H](C)NCCN1[C@@H](CNC)c1ccccc1. The van der Waals surface area contributed by atoms with Crippen molar-refractivity contribution in [3.63, 3.8) is 0 Å². The highest BCUT2D eigenvalue weighted by Crippen LogP contribution is 2.26. The van der Waals surface area contributed by atoms with Gasteiger partial charge in [-0.1, -0.05) is 36.4 Å². The molecule has 3 nitrogen and oxygen atoms in total. The molecule has 1 aliphatic rings. The number of likely N-dealkylation sites (N-methyl/N-ethyl adjacent to an activating group) is 1. The van der Waals surface area contributed by atoms with Crippen LogP contribution in [-0.2, 0) is 0 Å². The highest BCUT2D eigenvalue weighted by atomic mass is 15.3. The molecule has 2 rings (SSSR count). The zero-order valence-electron chi connectivity index (χ0n) is 12.7. The molecule has 0 aliphatic carbocycles. The molecule has 1 aromatic carbocycles. The first-order chi connectivity index (χ1) is 9.77. The lowest BCUT2D eigenvalue weighted by Crippen LogP contribution is -2.58. The second kappa shape index (κ2) is 7.58. The molecule has 1 saturated heterocycles. The Hall–Kier alpha value is -1.16. The van der Waals surface area contributed by atoms with E-state index >= 15 is 0 Å². The van der Waals surface area contributed by atoms with E-state index in [9.17, 15) is 0 Å². The minimum absolute atomic E-state index is 0.427. The molecule has 0 saturated carbocycles. The van der Waals surface area contributed by atoms with Crippen molar-refractivity contribution in [3.8, 4) is 0 Å². The van der Waals surface area contributed by atoms with E-state index in [1.165, 1.54) is 5.56 Å². The van der Waals surface area contributed by atoms with Crippen LogP contribution in [0.15, 0.2) is 43.0 Å². The average Bonchev–Trinajstić information content (AvgIpc) is 2.48. The van der Waals surface area contributed by atoms with Crippen LogP contribution in [0.1, 0.15) is 24.9 Å². The molecular formula is C17H27N3. The van der Waals surface area contributed by atoms with Crippen molar-refractivity contribution in [2.24, 2.45) is 0 Å². The van der Waals surface area contributed by atoms with Gasteiger partial charge in [-0.3, -0.25) is 4.90 Å². The van der Waals surface area contributed by atoms with Crippen LogP contribution in [0.2, 0.25) is 0 Å². The predicted octanol–water partition coefficient (Wildman–Crippen LogP) is 2.19. The van der Waals surface area contributed by atoms with Crippen molar-refractivity contribution in [3.05, 3.63) is 48.6 Å². The van der Waals surface area contributed by atoms with Gasteiger partial charge >= 0.3 is 0 Å². The van der Waals surface area contributed by atoms with Gasteiger partial charge in [-0.15, -0.1) is 6.58 Å². The van der Waals surface area contributed by atoms with Crippen molar-refractivity contribution in [1.29, 1.82) is 0 Å². The maximum atomic E-state index is 3.93. The monoisotopic (exact) mass is 273 g/mol. The first-order valence-corrected chi connectivity index (χ1v) is 7.57. The van der Waals surface area contributed by atoms with Gasteiger partial charge in [0.2, 0.25) is 0 Å². The van der Waals surface area contributed by atoms with Gasteiger partial charge in [-0.05, 0) is 26.0 Å². The Morgan fingerprint density at radius 1 is 1.45 bits per heavy atom. The summed E-state index contributed by atoms with van der Waals surface area (Å²) in [6.07, 6.45) is 3.07. The van der Waals surface area contributed by atoms with Crippen molar-refractivity contribution in [2.45, 2.75) is 31.5 Å². The van der Waals surface area contributed by atoms with E-state index in [-0.39, 0.29) is 0 Å². The third kappa shape index (κ3) is 3.48. The minimum Gasteiger partial charge on any atom is -0.318 e. The summed E-state index contributed by atoms with van der Waals surface area (Å²) in [6.45, 7) is 9.33. The van der Waals surface area contributed by atoms with Gasteiger partial charge in [0.25, 0.3) is 0 Å². The predicted molar refractivity (Wildman–Crippen MR) is 85.9 cm³/mol. The summed E-state index contributed by atoms with van der Waals surface area (Å²) in [7, 11) is 2.03.